The first-order valence-corrected chi connectivity index (χ1v) is 7.30. The van der Waals surface area contributed by atoms with Gasteiger partial charge in [0.15, 0.2) is 0 Å². The second-order valence-corrected chi connectivity index (χ2v) is 5.02. The fourth-order valence-electron chi connectivity index (χ4n) is 2.14. The second-order valence-electron chi connectivity index (χ2n) is 5.02. The Morgan fingerprint density at radius 2 is 1.56 bits per heavy atom. The smallest absolute Gasteiger partial charge is 0.0424 e. The molecule has 0 unspecified atom stereocenters. The van der Waals surface area contributed by atoms with Gasteiger partial charge in [0.05, 0.1) is 0 Å². The van der Waals surface area contributed by atoms with E-state index in [0.29, 0.717) is 0 Å². The highest BCUT2D eigenvalue weighted by Crippen LogP contribution is 2.12. The molecule has 0 amide bonds. The van der Waals surface area contributed by atoms with Crippen LogP contribution in [0, 0.1) is 0 Å². The largest absolute Gasteiger partial charge is 0.323 e. The highest BCUT2D eigenvalue weighted by atomic mass is 15.1. The minimum absolute atomic E-state index is 0.139. The maximum atomic E-state index is 6.30. The van der Waals surface area contributed by atoms with Crippen LogP contribution in [0.3, 0.4) is 0 Å². The monoisotopic (exact) mass is 248 g/mol. The molecule has 0 radical (unpaired) electrons. The number of hydrogen-bond donors (Lipinski definition) is 1. The number of hydrogen-bond acceptors (Lipinski definition) is 2. The van der Waals surface area contributed by atoms with Gasteiger partial charge in [0.2, 0.25) is 0 Å². The molecule has 0 aliphatic heterocycles. The molecule has 0 heterocycles. The van der Waals surface area contributed by atoms with Gasteiger partial charge in [-0.05, 0) is 31.5 Å². The molecule has 2 heteroatoms. The number of nitrogens with two attached hydrogens (primary N) is 1. The summed E-state index contributed by atoms with van der Waals surface area (Å²) in [6.45, 7) is 7.82. The molecule has 102 valence electrons. The van der Waals surface area contributed by atoms with E-state index >= 15 is 0 Å². The molecule has 1 aromatic carbocycles. The van der Waals surface area contributed by atoms with Crippen LogP contribution in [-0.2, 0) is 0 Å². The summed E-state index contributed by atoms with van der Waals surface area (Å²) in [5, 5.41) is 0. The molecule has 2 N–H and O–H groups in total. The average Bonchev–Trinajstić information content (AvgIpc) is 2.42. The average molecular weight is 248 g/mol. The molecule has 0 fully saturated rings. The van der Waals surface area contributed by atoms with Gasteiger partial charge in [-0.3, -0.25) is 0 Å². The van der Waals surface area contributed by atoms with Crippen LogP contribution < -0.4 is 5.73 Å². The first kappa shape index (κ1) is 15.2. The normalized spacial score (nSPS) is 12.9. The molecular weight excluding hydrogens is 220 g/mol. The third-order valence-corrected chi connectivity index (χ3v) is 3.34. The Kier molecular flexibility index (Phi) is 7.70. The first-order valence-electron chi connectivity index (χ1n) is 7.30. The SMILES string of the molecule is CCCCN(CCCC)C[C@H](N)c1ccccc1. The lowest BCUT2D eigenvalue weighted by molar-refractivity contribution is 0.250. The minimum atomic E-state index is 0.139. The van der Waals surface area contributed by atoms with E-state index < -0.39 is 0 Å². The standard InChI is InChI=1S/C16H28N2/c1-3-5-12-18(13-6-4-2)14-16(17)15-10-8-7-9-11-15/h7-11,16H,3-6,12-14,17H2,1-2H3/t16-/m0/s1. The van der Waals surface area contributed by atoms with Gasteiger partial charge in [-0.1, -0.05) is 57.0 Å². The van der Waals surface area contributed by atoms with Gasteiger partial charge in [0.25, 0.3) is 0 Å². The van der Waals surface area contributed by atoms with Crippen LogP contribution >= 0.6 is 0 Å². The molecule has 0 spiro atoms. The summed E-state index contributed by atoms with van der Waals surface area (Å²) in [5.74, 6) is 0. The molecule has 18 heavy (non-hydrogen) atoms. The summed E-state index contributed by atoms with van der Waals surface area (Å²) in [5.41, 5.74) is 7.54. The van der Waals surface area contributed by atoms with Crippen LogP contribution in [0.2, 0.25) is 0 Å². The molecule has 0 saturated heterocycles. The van der Waals surface area contributed by atoms with Gasteiger partial charge < -0.3 is 10.6 Å². The Balaban J connectivity index is 2.47. The zero-order valence-corrected chi connectivity index (χ0v) is 11.9. The molecular formula is C16H28N2. The Hall–Kier alpha value is -0.860. The van der Waals surface area contributed by atoms with E-state index in [0.717, 1.165) is 6.54 Å². The van der Waals surface area contributed by atoms with E-state index in [9.17, 15) is 0 Å². The van der Waals surface area contributed by atoms with Crippen molar-refractivity contribution < 1.29 is 0 Å². The summed E-state index contributed by atoms with van der Waals surface area (Å²) in [4.78, 5) is 2.52. The number of nitrogens with zero attached hydrogens (tertiary/aromatic N) is 1. The van der Waals surface area contributed by atoms with Gasteiger partial charge in [-0.15, -0.1) is 0 Å². The predicted molar refractivity (Wildman–Crippen MR) is 79.6 cm³/mol. The zero-order valence-electron chi connectivity index (χ0n) is 11.9. The summed E-state index contributed by atoms with van der Waals surface area (Å²) in [6.07, 6.45) is 5.04. The zero-order chi connectivity index (χ0) is 13.2. The topological polar surface area (TPSA) is 29.3 Å². The van der Waals surface area contributed by atoms with Crippen LogP contribution in [0.5, 0.6) is 0 Å². The van der Waals surface area contributed by atoms with Gasteiger partial charge in [0, 0.05) is 12.6 Å². The van der Waals surface area contributed by atoms with Gasteiger partial charge in [0.1, 0.15) is 0 Å². The quantitative estimate of drug-likeness (QED) is 0.723. The van der Waals surface area contributed by atoms with Crippen LogP contribution in [0.25, 0.3) is 0 Å². The van der Waals surface area contributed by atoms with Crippen molar-refractivity contribution in [2.24, 2.45) is 5.73 Å². The number of rotatable bonds is 9. The minimum Gasteiger partial charge on any atom is -0.323 e. The van der Waals surface area contributed by atoms with Crippen molar-refractivity contribution >= 4 is 0 Å². The van der Waals surface area contributed by atoms with Crippen molar-refractivity contribution in [2.75, 3.05) is 19.6 Å². The van der Waals surface area contributed by atoms with E-state index in [1.807, 2.05) is 6.07 Å². The summed E-state index contributed by atoms with van der Waals surface area (Å²) >= 11 is 0. The maximum Gasteiger partial charge on any atom is 0.0424 e. The van der Waals surface area contributed by atoms with Gasteiger partial charge in [-0.2, -0.15) is 0 Å². The molecule has 1 aromatic rings. The van der Waals surface area contributed by atoms with Crippen LogP contribution in [-0.4, -0.2) is 24.5 Å². The van der Waals surface area contributed by atoms with Crippen molar-refractivity contribution in [1.29, 1.82) is 0 Å². The van der Waals surface area contributed by atoms with Crippen LogP contribution in [0.1, 0.15) is 51.1 Å². The highest BCUT2D eigenvalue weighted by Gasteiger charge is 2.11. The Morgan fingerprint density at radius 3 is 2.06 bits per heavy atom. The predicted octanol–water partition coefficient (Wildman–Crippen LogP) is 3.59. The fourth-order valence-corrected chi connectivity index (χ4v) is 2.14. The molecule has 0 aliphatic rings. The van der Waals surface area contributed by atoms with Crippen molar-refractivity contribution in [3.63, 3.8) is 0 Å². The molecule has 1 rings (SSSR count). The van der Waals surface area contributed by atoms with Crippen molar-refractivity contribution in [3.8, 4) is 0 Å². The molecule has 0 aromatic heterocycles. The molecule has 0 saturated carbocycles. The van der Waals surface area contributed by atoms with Gasteiger partial charge in [-0.25, -0.2) is 0 Å². The lowest BCUT2D eigenvalue weighted by Gasteiger charge is -2.25. The highest BCUT2D eigenvalue weighted by molar-refractivity contribution is 5.18. The lowest BCUT2D eigenvalue weighted by Crippen LogP contribution is -2.33. The maximum absolute atomic E-state index is 6.30. The van der Waals surface area contributed by atoms with E-state index in [1.54, 1.807) is 0 Å². The van der Waals surface area contributed by atoms with Gasteiger partial charge >= 0.3 is 0 Å². The molecule has 1 atom stereocenters. The molecule has 0 aliphatic carbocycles. The lowest BCUT2D eigenvalue weighted by atomic mass is 10.1. The van der Waals surface area contributed by atoms with E-state index in [2.05, 4.69) is 43.0 Å². The summed E-state index contributed by atoms with van der Waals surface area (Å²) in [7, 11) is 0. The van der Waals surface area contributed by atoms with Crippen molar-refractivity contribution in [1.82, 2.24) is 4.90 Å². The number of benzene rings is 1. The first-order chi connectivity index (χ1) is 8.77. The van der Waals surface area contributed by atoms with Crippen molar-refractivity contribution in [2.45, 2.75) is 45.6 Å². The number of unbranched alkanes of at least 4 members (excludes halogenated alkanes) is 2. The second kappa shape index (κ2) is 9.12. The Morgan fingerprint density at radius 1 is 1.00 bits per heavy atom. The third kappa shape index (κ3) is 5.65. The van der Waals surface area contributed by atoms with E-state index in [4.69, 9.17) is 5.73 Å². The van der Waals surface area contributed by atoms with Crippen LogP contribution in [0.4, 0.5) is 0 Å². The van der Waals surface area contributed by atoms with E-state index in [1.165, 1.54) is 44.3 Å². The Labute approximate surface area is 112 Å². The fraction of sp³-hybridized carbons (Fsp3) is 0.625. The molecule has 2 nitrogen and oxygen atoms in total. The summed E-state index contributed by atoms with van der Waals surface area (Å²) in [6, 6.07) is 10.6. The summed E-state index contributed by atoms with van der Waals surface area (Å²) < 4.78 is 0. The van der Waals surface area contributed by atoms with Crippen LogP contribution in [0.15, 0.2) is 30.3 Å². The Bertz CT molecular complexity index is 289. The van der Waals surface area contributed by atoms with Crippen molar-refractivity contribution in [3.05, 3.63) is 35.9 Å². The van der Waals surface area contributed by atoms with E-state index in [-0.39, 0.29) is 6.04 Å². The third-order valence-electron chi connectivity index (χ3n) is 3.34. The molecule has 0 bridgehead atoms.